The Morgan fingerprint density at radius 3 is 2.49 bits per heavy atom. The third kappa shape index (κ3) is 3.93. The van der Waals surface area contributed by atoms with Crippen LogP contribution in [-0.4, -0.2) is 92.9 Å². The van der Waals surface area contributed by atoms with Gasteiger partial charge < -0.3 is 44.5 Å². The Bertz CT molecular complexity index is 1030. The van der Waals surface area contributed by atoms with Crippen molar-refractivity contribution in [2.45, 2.75) is 114 Å². The summed E-state index contributed by atoms with van der Waals surface area (Å²) in [5, 5.41) is 54.1. The van der Waals surface area contributed by atoms with Crippen molar-refractivity contribution in [3.63, 3.8) is 0 Å². The van der Waals surface area contributed by atoms with Crippen molar-refractivity contribution in [3.8, 4) is 0 Å². The molecule has 14 unspecified atom stereocenters. The van der Waals surface area contributed by atoms with E-state index in [1.54, 1.807) is 6.92 Å². The molecule has 0 amide bonds. The Hall–Kier alpha value is -1.40. The molecule has 5 fully saturated rings. The van der Waals surface area contributed by atoms with Gasteiger partial charge in [-0.1, -0.05) is 6.92 Å². The van der Waals surface area contributed by atoms with Gasteiger partial charge in [0.05, 0.1) is 23.9 Å². The van der Waals surface area contributed by atoms with Crippen LogP contribution < -0.4 is 0 Å². The number of hydrogen-bond acceptors (Lipinski definition) is 10. The minimum Gasteiger partial charge on any atom is -0.458 e. The van der Waals surface area contributed by atoms with Gasteiger partial charge in [-0.25, -0.2) is 4.79 Å². The lowest BCUT2D eigenvalue weighted by Crippen LogP contribution is -2.63. The van der Waals surface area contributed by atoms with E-state index in [0.29, 0.717) is 25.7 Å². The quantitative estimate of drug-likeness (QED) is 0.190. The first-order valence-electron chi connectivity index (χ1n) is 14.5. The molecule has 39 heavy (non-hydrogen) atoms. The Balaban J connectivity index is 1.21. The first-order chi connectivity index (χ1) is 18.4. The van der Waals surface area contributed by atoms with Crippen molar-refractivity contribution in [1.82, 2.24) is 0 Å². The van der Waals surface area contributed by atoms with Crippen LogP contribution in [0.2, 0.25) is 0 Å². The summed E-state index contributed by atoms with van der Waals surface area (Å²) in [6.07, 6.45) is 0.686. The average molecular weight is 551 g/mol. The van der Waals surface area contributed by atoms with E-state index in [1.807, 2.05) is 6.92 Å². The first kappa shape index (κ1) is 27.8. The molecule has 0 aromatic heterocycles. The van der Waals surface area contributed by atoms with E-state index in [1.165, 1.54) is 6.08 Å². The SMILES string of the molecule is CC1OC(OC2CCC3(C=O)C(CCC4C3CCC3(C)C(C5=CC(=O)OC5)C(O)CC43O)C2)C(O)C(O)C1O. The Kier molecular flexibility index (Phi) is 6.81. The molecule has 0 aromatic rings. The number of carbonyl (C=O) groups is 2. The summed E-state index contributed by atoms with van der Waals surface area (Å²) in [5.41, 5.74) is -1.64. The highest BCUT2D eigenvalue weighted by molar-refractivity contribution is 5.85. The standard InChI is InChI=1S/C29H42O10/c1-14-23(33)24(34)25(35)26(38-14)39-17-5-8-28(13-30)16(10-17)3-4-19-18(28)6-7-27(2)22(15-9-21(32)37-12-15)20(31)11-29(19,27)36/h9,13-14,16-20,22-26,31,33-36H,3-8,10-12H2,1-2H3. The lowest BCUT2D eigenvalue weighted by Gasteiger charge is -2.63. The van der Waals surface area contributed by atoms with E-state index < -0.39 is 59.2 Å². The second kappa shape index (κ2) is 9.58. The molecule has 2 aliphatic heterocycles. The summed E-state index contributed by atoms with van der Waals surface area (Å²) in [5.74, 6) is -0.892. The van der Waals surface area contributed by atoms with Crippen molar-refractivity contribution in [1.29, 1.82) is 0 Å². The van der Waals surface area contributed by atoms with E-state index in [4.69, 9.17) is 14.2 Å². The molecule has 6 aliphatic rings. The summed E-state index contributed by atoms with van der Waals surface area (Å²) < 4.78 is 16.9. The highest BCUT2D eigenvalue weighted by atomic mass is 16.7. The van der Waals surface area contributed by atoms with E-state index >= 15 is 0 Å². The van der Waals surface area contributed by atoms with Crippen molar-refractivity contribution < 1.29 is 49.3 Å². The molecule has 0 spiro atoms. The van der Waals surface area contributed by atoms with Crippen molar-refractivity contribution in [3.05, 3.63) is 11.6 Å². The number of esters is 1. The average Bonchev–Trinajstić information content (AvgIpc) is 3.41. The van der Waals surface area contributed by atoms with Crippen molar-refractivity contribution >= 4 is 12.3 Å². The van der Waals surface area contributed by atoms with Gasteiger partial charge in [0.2, 0.25) is 0 Å². The monoisotopic (exact) mass is 550 g/mol. The van der Waals surface area contributed by atoms with E-state index in [-0.39, 0.29) is 42.8 Å². The van der Waals surface area contributed by atoms with Crippen LogP contribution >= 0.6 is 0 Å². The third-order valence-electron chi connectivity index (χ3n) is 11.8. The summed E-state index contributed by atoms with van der Waals surface area (Å²) in [6.45, 7) is 3.80. The molecule has 14 atom stereocenters. The Labute approximate surface area is 228 Å². The molecule has 5 N–H and O–H groups in total. The number of ether oxygens (including phenoxy) is 3. The Morgan fingerprint density at radius 1 is 1.03 bits per heavy atom. The van der Waals surface area contributed by atoms with Crippen molar-refractivity contribution in [2.24, 2.45) is 34.5 Å². The number of carbonyl (C=O) groups excluding carboxylic acids is 2. The molecule has 0 radical (unpaired) electrons. The van der Waals surface area contributed by atoms with Crippen LogP contribution in [0.5, 0.6) is 0 Å². The number of cyclic esters (lactones) is 1. The van der Waals surface area contributed by atoms with Gasteiger partial charge in [-0.05, 0) is 75.2 Å². The predicted octanol–water partition coefficient (Wildman–Crippen LogP) is 0.606. The normalized spacial score (nSPS) is 55.2. The second-order valence-corrected chi connectivity index (χ2v) is 13.4. The highest BCUT2D eigenvalue weighted by Crippen LogP contribution is 2.69. The Morgan fingerprint density at radius 2 is 1.79 bits per heavy atom. The first-order valence-corrected chi connectivity index (χ1v) is 14.5. The van der Waals surface area contributed by atoms with Crippen LogP contribution in [0.25, 0.3) is 0 Å². The zero-order chi connectivity index (χ0) is 27.9. The largest absolute Gasteiger partial charge is 0.458 e. The molecule has 1 saturated heterocycles. The van der Waals surface area contributed by atoms with E-state index in [2.05, 4.69) is 0 Å². The lowest BCUT2D eigenvalue weighted by molar-refractivity contribution is -0.309. The molecule has 10 heteroatoms. The molecule has 2 heterocycles. The van der Waals surface area contributed by atoms with Crippen LogP contribution in [-0.2, 0) is 23.8 Å². The molecule has 4 aliphatic carbocycles. The van der Waals surface area contributed by atoms with Crippen LogP contribution in [0, 0.1) is 34.5 Å². The van der Waals surface area contributed by atoms with Gasteiger partial charge in [-0.15, -0.1) is 0 Å². The molecular weight excluding hydrogens is 508 g/mol. The van der Waals surface area contributed by atoms with Crippen LogP contribution in [0.3, 0.4) is 0 Å². The number of aliphatic hydroxyl groups is 5. The second-order valence-electron chi connectivity index (χ2n) is 13.4. The number of aliphatic hydroxyl groups excluding tert-OH is 4. The van der Waals surface area contributed by atoms with Crippen LogP contribution in [0.1, 0.15) is 65.2 Å². The highest BCUT2D eigenvalue weighted by Gasteiger charge is 2.70. The van der Waals surface area contributed by atoms with Crippen molar-refractivity contribution in [2.75, 3.05) is 6.61 Å². The summed E-state index contributed by atoms with van der Waals surface area (Å²) in [4.78, 5) is 24.7. The summed E-state index contributed by atoms with van der Waals surface area (Å²) in [6, 6.07) is 0. The summed E-state index contributed by atoms with van der Waals surface area (Å²) >= 11 is 0. The fourth-order valence-electron chi connectivity index (χ4n) is 9.82. The smallest absolute Gasteiger partial charge is 0.331 e. The zero-order valence-electron chi connectivity index (χ0n) is 22.6. The predicted molar refractivity (Wildman–Crippen MR) is 135 cm³/mol. The van der Waals surface area contributed by atoms with Gasteiger partial charge in [0.25, 0.3) is 0 Å². The molecule has 0 aromatic carbocycles. The minimum atomic E-state index is -1.37. The maximum absolute atomic E-state index is 12.9. The number of aldehydes is 1. The van der Waals surface area contributed by atoms with E-state index in [0.717, 1.165) is 31.1 Å². The molecule has 6 rings (SSSR count). The van der Waals surface area contributed by atoms with Gasteiger partial charge in [-0.3, -0.25) is 0 Å². The fourth-order valence-corrected chi connectivity index (χ4v) is 9.82. The molecule has 10 nitrogen and oxygen atoms in total. The maximum atomic E-state index is 12.9. The number of hydrogen-bond donors (Lipinski definition) is 5. The van der Waals surface area contributed by atoms with Gasteiger partial charge >= 0.3 is 5.97 Å². The minimum absolute atomic E-state index is 0.0253. The number of rotatable bonds is 4. The van der Waals surface area contributed by atoms with Gasteiger partial charge in [0, 0.05) is 29.2 Å². The molecule has 4 saturated carbocycles. The lowest BCUT2D eigenvalue weighted by atomic mass is 9.43. The maximum Gasteiger partial charge on any atom is 0.331 e. The van der Waals surface area contributed by atoms with E-state index in [9.17, 15) is 35.1 Å². The van der Waals surface area contributed by atoms with Gasteiger partial charge in [-0.2, -0.15) is 0 Å². The van der Waals surface area contributed by atoms with Gasteiger partial charge in [0.15, 0.2) is 6.29 Å². The molecular formula is C29H42O10. The molecule has 218 valence electrons. The fraction of sp³-hybridized carbons (Fsp3) is 0.862. The third-order valence-corrected chi connectivity index (χ3v) is 11.8. The summed E-state index contributed by atoms with van der Waals surface area (Å²) in [7, 11) is 0. The van der Waals surface area contributed by atoms with Gasteiger partial charge in [0.1, 0.15) is 31.2 Å². The zero-order valence-corrected chi connectivity index (χ0v) is 22.6. The van der Waals surface area contributed by atoms with Crippen LogP contribution in [0.4, 0.5) is 0 Å². The van der Waals surface area contributed by atoms with Crippen LogP contribution in [0.15, 0.2) is 11.6 Å². The molecule has 0 bridgehead atoms. The topological polar surface area (TPSA) is 163 Å². The number of fused-ring (bicyclic) bond motifs is 5.